The van der Waals surface area contributed by atoms with Crippen molar-refractivity contribution in [1.29, 1.82) is 5.26 Å². The molecule has 0 aliphatic carbocycles. The van der Waals surface area contributed by atoms with Crippen LogP contribution in [0.15, 0.2) is 24.3 Å². The molecule has 0 saturated heterocycles. The summed E-state index contributed by atoms with van der Waals surface area (Å²) in [6.07, 6.45) is 3.22. The molecule has 1 N–H and O–H groups in total. The Labute approximate surface area is 109 Å². The minimum absolute atomic E-state index is 0.424. The number of hydrogen-bond acceptors (Lipinski definition) is 3. The molecule has 0 bridgehead atoms. The Morgan fingerprint density at radius 2 is 2.22 bits per heavy atom. The second-order valence-electron chi connectivity index (χ2n) is 5.16. The van der Waals surface area contributed by atoms with Crippen LogP contribution >= 0.6 is 0 Å². The zero-order chi connectivity index (χ0) is 13.0. The van der Waals surface area contributed by atoms with Gasteiger partial charge in [0.05, 0.1) is 6.07 Å². The van der Waals surface area contributed by atoms with Crippen LogP contribution in [0.4, 0.5) is 5.69 Å². The summed E-state index contributed by atoms with van der Waals surface area (Å²) < 4.78 is 0. The number of nitriles is 1. The van der Waals surface area contributed by atoms with Crippen LogP contribution in [0.25, 0.3) is 0 Å². The topological polar surface area (TPSA) is 39.1 Å². The lowest BCUT2D eigenvalue weighted by Crippen LogP contribution is -2.42. The van der Waals surface area contributed by atoms with E-state index < -0.39 is 5.54 Å². The third kappa shape index (κ3) is 2.65. The van der Waals surface area contributed by atoms with E-state index in [4.69, 9.17) is 0 Å². The molecule has 1 unspecified atom stereocenters. The molecular weight excluding hydrogens is 222 g/mol. The van der Waals surface area contributed by atoms with E-state index in [1.807, 2.05) is 14.0 Å². The molecule has 0 aromatic heterocycles. The van der Waals surface area contributed by atoms with Crippen molar-refractivity contribution >= 4 is 5.69 Å². The lowest BCUT2D eigenvalue weighted by Gasteiger charge is -2.33. The summed E-state index contributed by atoms with van der Waals surface area (Å²) in [6.45, 7) is 3.99. The van der Waals surface area contributed by atoms with Gasteiger partial charge >= 0.3 is 0 Å². The SMILES string of the molecule is CNC(C)(C#N)CCN1CCCc2ccccc21. The predicted molar refractivity (Wildman–Crippen MR) is 74.7 cm³/mol. The summed E-state index contributed by atoms with van der Waals surface area (Å²) in [5.41, 5.74) is 2.36. The molecule has 0 spiro atoms. The Bertz CT molecular complexity index is 449. The van der Waals surface area contributed by atoms with Crippen molar-refractivity contribution in [1.82, 2.24) is 5.32 Å². The first-order valence-corrected chi connectivity index (χ1v) is 6.61. The Balaban J connectivity index is 2.06. The average Bonchev–Trinajstić information content (AvgIpc) is 2.44. The lowest BCUT2D eigenvalue weighted by molar-refractivity contribution is 0.451. The third-order valence-corrected chi connectivity index (χ3v) is 3.89. The summed E-state index contributed by atoms with van der Waals surface area (Å²) >= 11 is 0. The maximum atomic E-state index is 9.18. The van der Waals surface area contributed by atoms with Gasteiger partial charge in [-0.1, -0.05) is 18.2 Å². The third-order valence-electron chi connectivity index (χ3n) is 3.89. The van der Waals surface area contributed by atoms with E-state index in [1.54, 1.807) is 0 Å². The Kier molecular flexibility index (Phi) is 3.88. The molecule has 1 aromatic rings. The number of benzene rings is 1. The van der Waals surface area contributed by atoms with Crippen molar-refractivity contribution in [2.45, 2.75) is 31.7 Å². The van der Waals surface area contributed by atoms with E-state index in [0.29, 0.717) is 0 Å². The summed E-state index contributed by atoms with van der Waals surface area (Å²) in [7, 11) is 1.85. The minimum Gasteiger partial charge on any atom is -0.371 e. The predicted octanol–water partition coefficient (Wildman–Crippen LogP) is 2.33. The van der Waals surface area contributed by atoms with E-state index in [9.17, 15) is 5.26 Å². The van der Waals surface area contributed by atoms with Gasteiger partial charge in [0.2, 0.25) is 0 Å². The zero-order valence-corrected chi connectivity index (χ0v) is 11.2. The zero-order valence-electron chi connectivity index (χ0n) is 11.2. The smallest absolute Gasteiger partial charge is 0.105 e. The second kappa shape index (κ2) is 5.41. The summed E-state index contributed by atoms with van der Waals surface area (Å²) in [6, 6.07) is 11.0. The van der Waals surface area contributed by atoms with Gasteiger partial charge in [0.15, 0.2) is 0 Å². The van der Waals surface area contributed by atoms with Gasteiger partial charge in [-0.15, -0.1) is 0 Å². The van der Waals surface area contributed by atoms with Gasteiger partial charge < -0.3 is 10.2 Å². The first-order valence-electron chi connectivity index (χ1n) is 6.61. The van der Waals surface area contributed by atoms with Gasteiger partial charge in [0, 0.05) is 18.8 Å². The van der Waals surface area contributed by atoms with Crippen LogP contribution in [0.5, 0.6) is 0 Å². The molecule has 1 aliphatic rings. The van der Waals surface area contributed by atoms with Crippen LogP contribution < -0.4 is 10.2 Å². The van der Waals surface area contributed by atoms with Crippen LogP contribution in [-0.2, 0) is 6.42 Å². The van der Waals surface area contributed by atoms with Crippen molar-refractivity contribution in [2.24, 2.45) is 0 Å². The van der Waals surface area contributed by atoms with Crippen LogP contribution in [0.3, 0.4) is 0 Å². The molecule has 18 heavy (non-hydrogen) atoms. The molecule has 96 valence electrons. The average molecular weight is 243 g/mol. The number of rotatable bonds is 4. The van der Waals surface area contributed by atoms with Crippen molar-refractivity contribution in [3.63, 3.8) is 0 Å². The van der Waals surface area contributed by atoms with Gasteiger partial charge in [0.1, 0.15) is 5.54 Å². The highest BCUT2D eigenvalue weighted by Gasteiger charge is 2.23. The fraction of sp³-hybridized carbons (Fsp3) is 0.533. The van der Waals surface area contributed by atoms with Crippen molar-refractivity contribution in [3.05, 3.63) is 29.8 Å². The van der Waals surface area contributed by atoms with Gasteiger partial charge in [0.25, 0.3) is 0 Å². The Morgan fingerprint density at radius 1 is 1.44 bits per heavy atom. The van der Waals surface area contributed by atoms with Crippen LogP contribution in [-0.4, -0.2) is 25.7 Å². The van der Waals surface area contributed by atoms with Gasteiger partial charge in [-0.25, -0.2) is 0 Å². The minimum atomic E-state index is -0.424. The molecule has 1 atom stereocenters. The fourth-order valence-electron chi connectivity index (χ4n) is 2.44. The van der Waals surface area contributed by atoms with Crippen LogP contribution in [0.1, 0.15) is 25.3 Å². The molecule has 0 saturated carbocycles. The first-order chi connectivity index (χ1) is 8.68. The largest absolute Gasteiger partial charge is 0.371 e. The summed E-state index contributed by atoms with van der Waals surface area (Å²) in [4.78, 5) is 2.41. The van der Waals surface area contributed by atoms with Crippen molar-refractivity contribution in [3.8, 4) is 6.07 Å². The molecule has 0 fully saturated rings. The lowest BCUT2D eigenvalue weighted by atomic mass is 9.97. The van der Waals surface area contributed by atoms with Gasteiger partial charge in [-0.3, -0.25) is 0 Å². The first kappa shape index (κ1) is 12.9. The molecule has 0 amide bonds. The maximum absolute atomic E-state index is 9.18. The highest BCUT2D eigenvalue weighted by molar-refractivity contribution is 5.55. The number of anilines is 1. The van der Waals surface area contributed by atoms with E-state index >= 15 is 0 Å². The van der Waals surface area contributed by atoms with Crippen LogP contribution in [0, 0.1) is 11.3 Å². The molecule has 3 nitrogen and oxygen atoms in total. The van der Waals surface area contributed by atoms with Gasteiger partial charge in [-0.05, 0) is 44.9 Å². The Hall–Kier alpha value is -1.53. The molecule has 1 aliphatic heterocycles. The second-order valence-corrected chi connectivity index (χ2v) is 5.16. The van der Waals surface area contributed by atoms with Crippen LogP contribution in [0.2, 0.25) is 0 Å². The number of para-hydroxylation sites is 1. The standard InChI is InChI=1S/C15H21N3/c1-15(12-16,17-2)9-11-18-10-5-7-13-6-3-4-8-14(13)18/h3-4,6,8,17H,5,7,9-11H2,1-2H3. The fourth-order valence-corrected chi connectivity index (χ4v) is 2.44. The molecule has 0 radical (unpaired) electrons. The summed E-state index contributed by atoms with van der Waals surface area (Å²) in [5.74, 6) is 0. The molecular formula is C15H21N3. The van der Waals surface area contributed by atoms with E-state index in [1.165, 1.54) is 24.1 Å². The number of fused-ring (bicyclic) bond motifs is 1. The molecule has 1 aromatic carbocycles. The Morgan fingerprint density at radius 3 is 2.94 bits per heavy atom. The van der Waals surface area contributed by atoms with Gasteiger partial charge in [-0.2, -0.15) is 5.26 Å². The van der Waals surface area contributed by atoms with E-state index in [0.717, 1.165) is 19.5 Å². The van der Waals surface area contributed by atoms with Crippen molar-refractivity contribution in [2.75, 3.05) is 25.0 Å². The van der Waals surface area contributed by atoms with Crippen molar-refractivity contribution < 1.29 is 0 Å². The number of hydrogen-bond donors (Lipinski definition) is 1. The highest BCUT2D eigenvalue weighted by atomic mass is 15.1. The van der Waals surface area contributed by atoms with E-state index in [-0.39, 0.29) is 0 Å². The molecule has 2 rings (SSSR count). The highest BCUT2D eigenvalue weighted by Crippen LogP contribution is 2.27. The molecule has 1 heterocycles. The maximum Gasteiger partial charge on any atom is 0.105 e. The number of aryl methyl sites for hydroxylation is 1. The number of nitrogens with one attached hydrogen (secondary N) is 1. The normalized spacial score (nSPS) is 17.7. The van der Waals surface area contributed by atoms with E-state index in [2.05, 4.69) is 40.6 Å². The summed E-state index contributed by atoms with van der Waals surface area (Å²) in [5, 5.41) is 12.3. The number of nitrogens with zero attached hydrogens (tertiary/aromatic N) is 2. The quantitative estimate of drug-likeness (QED) is 0.882. The molecule has 3 heteroatoms. The monoisotopic (exact) mass is 243 g/mol.